The lowest BCUT2D eigenvalue weighted by Crippen LogP contribution is -2.25. The average molecular weight is 340 g/mol. The van der Waals surface area contributed by atoms with E-state index in [0.717, 1.165) is 41.3 Å². The highest BCUT2D eigenvalue weighted by atomic mass is 79.9. The molecule has 0 bridgehead atoms. The Bertz CT molecular complexity index is 494. The quantitative estimate of drug-likeness (QED) is 0.905. The van der Waals surface area contributed by atoms with Crippen molar-refractivity contribution in [1.82, 2.24) is 9.97 Å². The smallest absolute Gasteiger partial charge is 0.162 e. The second-order valence-corrected chi connectivity index (χ2v) is 6.80. The van der Waals surface area contributed by atoms with Crippen molar-refractivity contribution in [1.29, 1.82) is 0 Å². The number of rotatable bonds is 3. The molecule has 0 amide bonds. The van der Waals surface area contributed by atoms with E-state index in [-0.39, 0.29) is 5.60 Å². The molecule has 2 heterocycles. The molecule has 1 aliphatic carbocycles. The molecule has 0 aromatic carbocycles. The van der Waals surface area contributed by atoms with Gasteiger partial charge in [0.1, 0.15) is 11.4 Å². The zero-order chi connectivity index (χ0) is 14.2. The Balaban J connectivity index is 2.04. The highest BCUT2D eigenvalue weighted by Crippen LogP contribution is 2.41. The van der Waals surface area contributed by atoms with Crippen LogP contribution in [0.2, 0.25) is 0 Å². The highest BCUT2D eigenvalue weighted by Gasteiger charge is 2.36. The molecule has 1 saturated heterocycles. The number of anilines is 1. The van der Waals surface area contributed by atoms with E-state index < -0.39 is 0 Å². The van der Waals surface area contributed by atoms with E-state index in [1.165, 1.54) is 25.7 Å². The van der Waals surface area contributed by atoms with Gasteiger partial charge in [-0.15, -0.1) is 0 Å². The van der Waals surface area contributed by atoms with Gasteiger partial charge in [-0.1, -0.05) is 12.8 Å². The molecule has 3 rings (SSSR count). The van der Waals surface area contributed by atoms with E-state index in [9.17, 15) is 0 Å². The van der Waals surface area contributed by atoms with Crippen LogP contribution < -0.4 is 5.32 Å². The number of halogens is 1. The molecule has 5 heteroatoms. The molecular formula is C15H22BrN3O. The van der Waals surface area contributed by atoms with E-state index >= 15 is 0 Å². The molecule has 1 aromatic heterocycles. The van der Waals surface area contributed by atoms with Gasteiger partial charge in [-0.05, 0) is 48.5 Å². The molecule has 0 spiro atoms. The summed E-state index contributed by atoms with van der Waals surface area (Å²) < 4.78 is 6.94. The lowest BCUT2D eigenvalue weighted by Gasteiger charge is -2.24. The van der Waals surface area contributed by atoms with Crippen LogP contribution >= 0.6 is 15.9 Å². The minimum Gasteiger partial charge on any atom is -0.372 e. The molecule has 2 fully saturated rings. The summed E-state index contributed by atoms with van der Waals surface area (Å²) in [4.78, 5) is 9.58. The molecule has 0 radical (unpaired) electrons. The van der Waals surface area contributed by atoms with Crippen molar-refractivity contribution in [3.63, 3.8) is 0 Å². The predicted octanol–water partition coefficient (Wildman–Crippen LogP) is 3.96. The number of hydrogen-bond donors (Lipinski definition) is 1. The van der Waals surface area contributed by atoms with Crippen LogP contribution in [0.4, 0.5) is 5.82 Å². The van der Waals surface area contributed by atoms with E-state index in [1.54, 1.807) is 0 Å². The fourth-order valence-electron chi connectivity index (χ4n) is 3.29. The third-order valence-electron chi connectivity index (χ3n) is 4.55. The molecule has 1 N–H and O–H groups in total. The summed E-state index contributed by atoms with van der Waals surface area (Å²) in [5, 5.41) is 3.19. The van der Waals surface area contributed by atoms with Gasteiger partial charge in [-0.2, -0.15) is 0 Å². The van der Waals surface area contributed by atoms with Crippen LogP contribution in [0.25, 0.3) is 0 Å². The average Bonchev–Trinajstić information content (AvgIpc) is 3.11. The van der Waals surface area contributed by atoms with Crippen molar-refractivity contribution >= 4 is 21.7 Å². The molecule has 4 nitrogen and oxygen atoms in total. The summed E-state index contributed by atoms with van der Waals surface area (Å²) in [6.45, 7) is 2.92. The zero-order valence-corrected chi connectivity index (χ0v) is 13.8. The minimum atomic E-state index is -0.320. The Labute approximate surface area is 128 Å². The Hall–Kier alpha value is -0.680. The lowest BCUT2D eigenvalue weighted by atomic mass is 9.99. The van der Waals surface area contributed by atoms with E-state index in [0.29, 0.717) is 5.92 Å². The fraction of sp³-hybridized carbons (Fsp3) is 0.733. The Morgan fingerprint density at radius 2 is 2.00 bits per heavy atom. The number of hydrogen-bond acceptors (Lipinski definition) is 4. The van der Waals surface area contributed by atoms with Gasteiger partial charge >= 0.3 is 0 Å². The van der Waals surface area contributed by atoms with E-state index in [2.05, 4.69) is 33.2 Å². The first-order valence-corrected chi connectivity index (χ1v) is 8.33. The molecule has 1 aromatic rings. The zero-order valence-electron chi connectivity index (χ0n) is 12.2. The summed E-state index contributed by atoms with van der Waals surface area (Å²) in [6.07, 6.45) is 7.16. The Morgan fingerprint density at radius 3 is 2.60 bits per heavy atom. The first-order chi connectivity index (χ1) is 9.64. The summed E-state index contributed by atoms with van der Waals surface area (Å²) >= 11 is 3.68. The van der Waals surface area contributed by atoms with Crippen molar-refractivity contribution in [2.24, 2.45) is 0 Å². The van der Waals surface area contributed by atoms with Crippen LogP contribution in [-0.4, -0.2) is 23.6 Å². The summed E-state index contributed by atoms with van der Waals surface area (Å²) in [5.74, 6) is 2.28. The van der Waals surface area contributed by atoms with E-state index in [4.69, 9.17) is 9.72 Å². The van der Waals surface area contributed by atoms with Crippen LogP contribution in [0.1, 0.15) is 62.9 Å². The normalized spacial score (nSPS) is 27.1. The highest BCUT2D eigenvalue weighted by molar-refractivity contribution is 9.10. The van der Waals surface area contributed by atoms with Gasteiger partial charge in [0, 0.05) is 19.6 Å². The van der Waals surface area contributed by atoms with Gasteiger partial charge in [0.05, 0.1) is 10.2 Å². The maximum absolute atomic E-state index is 5.92. The molecule has 1 atom stereocenters. The number of nitrogens with one attached hydrogen (secondary N) is 1. The molecule has 2 aliphatic rings. The number of aromatic nitrogens is 2. The largest absolute Gasteiger partial charge is 0.372 e. The molecular weight excluding hydrogens is 318 g/mol. The van der Waals surface area contributed by atoms with Crippen LogP contribution in [0.3, 0.4) is 0 Å². The van der Waals surface area contributed by atoms with Crippen LogP contribution in [0.15, 0.2) is 4.47 Å². The standard InChI is InChI=1S/C15H22BrN3O/c1-15(8-5-9-20-15)14-18-12(10-6-3-4-7-10)11(16)13(17-2)19-14/h10H,3-9H2,1-2H3,(H,17,18,19). The monoisotopic (exact) mass is 339 g/mol. The third kappa shape index (κ3) is 2.46. The van der Waals surface area contributed by atoms with Gasteiger partial charge in [-0.25, -0.2) is 9.97 Å². The molecule has 110 valence electrons. The minimum absolute atomic E-state index is 0.320. The number of nitrogens with zero attached hydrogens (tertiary/aromatic N) is 2. The second-order valence-electron chi connectivity index (χ2n) is 6.01. The van der Waals surface area contributed by atoms with Crippen LogP contribution in [-0.2, 0) is 10.3 Å². The number of ether oxygens (including phenoxy) is 1. The first-order valence-electron chi connectivity index (χ1n) is 7.53. The second kappa shape index (κ2) is 5.60. The van der Waals surface area contributed by atoms with Gasteiger partial charge in [0.25, 0.3) is 0 Å². The first kappa shape index (κ1) is 14.3. The predicted molar refractivity (Wildman–Crippen MR) is 83.0 cm³/mol. The van der Waals surface area contributed by atoms with Gasteiger partial charge in [-0.3, -0.25) is 0 Å². The van der Waals surface area contributed by atoms with Crippen LogP contribution in [0.5, 0.6) is 0 Å². The molecule has 20 heavy (non-hydrogen) atoms. The van der Waals surface area contributed by atoms with Crippen molar-refractivity contribution in [3.05, 3.63) is 16.0 Å². The van der Waals surface area contributed by atoms with Crippen molar-refractivity contribution < 1.29 is 4.74 Å². The Kier molecular flexibility index (Phi) is 4.00. The van der Waals surface area contributed by atoms with Crippen molar-refractivity contribution in [2.75, 3.05) is 19.0 Å². The summed E-state index contributed by atoms with van der Waals surface area (Å²) in [7, 11) is 1.91. The van der Waals surface area contributed by atoms with Crippen molar-refractivity contribution in [2.45, 2.75) is 57.0 Å². The maximum atomic E-state index is 5.92. The Morgan fingerprint density at radius 1 is 1.25 bits per heavy atom. The summed E-state index contributed by atoms with van der Waals surface area (Å²) in [5.41, 5.74) is 0.841. The van der Waals surface area contributed by atoms with Crippen LogP contribution in [0, 0.1) is 0 Å². The third-order valence-corrected chi connectivity index (χ3v) is 5.33. The van der Waals surface area contributed by atoms with Crippen molar-refractivity contribution in [3.8, 4) is 0 Å². The SMILES string of the molecule is CNc1nc(C2(C)CCCO2)nc(C2CCCC2)c1Br. The molecule has 1 unspecified atom stereocenters. The fourth-order valence-corrected chi connectivity index (χ4v) is 3.99. The lowest BCUT2D eigenvalue weighted by molar-refractivity contribution is 0.00918. The maximum Gasteiger partial charge on any atom is 0.162 e. The van der Waals surface area contributed by atoms with Gasteiger partial charge in [0.2, 0.25) is 0 Å². The van der Waals surface area contributed by atoms with E-state index in [1.807, 2.05) is 7.05 Å². The van der Waals surface area contributed by atoms with Gasteiger partial charge in [0.15, 0.2) is 5.82 Å². The molecule has 1 saturated carbocycles. The summed E-state index contributed by atoms with van der Waals surface area (Å²) in [6, 6.07) is 0. The van der Waals surface area contributed by atoms with Gasteiger partial charge < -0.3 is 10.1 Å². The topological polar surface area (TPSA) is 47.0 Å². The molecule has 1 aliphatic heterocycles.